The van der Waals surface area contributed by atoms with Gasteiger partial charge in [0.15, 0.2) is 5.78 Å². The first kappa shape index (κ1) is 18.3. The Balaban J connectivity index is 2.63. The van der Waals surface area contributed by atoms with Crippen LogP contribution in [-0.2, 0) is 14.8 Å². The van der Waals surface area contributed by atoms with Crippen LogP contribution in [0.15, 0.2) is 29.2 Å². The number of ketones is 1. The van der Waals surface area contributed by atoms with E-state index < -0.39 is 10.0 Å². The number of rotatable bonds is 8. The second-order valence-corrected chi connectivity index (χ2v) is 6.88. The fourth-order valence-corrected chi connectivity index (χ4v) is 2.79. The summed E-state index contributed by atoms with van der Waals surface area (Å²) in [5.74, 6) is -0.403. The molecule has 2 N–H and O–H groups in total. The Kier molecular flexibility index (Phi) is 6.70. The lowest BCUT2D eigenvalue weighted by atomic mass is 10.2. The van der Waals surface area contributed by atoms with Crippen LogP contribution in [0.2, 0.25) is 0 Å². The molecule has 1 rings (SSSR count). The zero-order valence-electron chi connectivity index (χ0n) is 13.0. The lowest BCUT2D eigenvalue weighted by Gasteiger charge is -2.12. The number of benzene rings is 1. The van der Waals surface area contributed by atoms with Gasteiger partial charge in [0.05, 0.1) is 4.90 Å². The van der Waals surface area contributed by atoms with E-state index in [2.05, 4.69) is 10.0 Å². The molecule has 6 nitrogen and oxygen atoms in total. The highest BCUT2D eigenvalue weighted by Gasteiger charge is 2.15. The Morgan fingerprint density at radius 3 is 2.55 bits per heavy atom. The largest absolute Gasteiger partial charge is 0.354 e. The molecular weight excluding hydrogens is 304 g/mol. The van der Waals surface area contributed by atoms with E-state index in [4.69, 9.17) is 0 Å². The maximum Gasteiger partial charge on any atom is 0.240 e. The highest BCUT2D eigenvalue weighted by molar-refractivity contribution is 7.89. The van der Waals surface area contributed by atoms with E-state index in [1.807, 2.05) is 13.8 Å². The average molecular weight is 326 g/mol. The number of Topliss-reactive ketones (excluding diaryl/α,β-unsaturated/α-hetero) is 1. The van der Waals surface area contributed by atoms with Crippen molar-refractivity contribution in [2.45, 2.75) is 44.6 Å². The Hall–Kier alpha value is -1.73. The molecule has 0 aromatic heterocycles. The summed E-state index contributed by atoms with van der Waals surface area (Å²) in [6.07, 6.45) is 0.880. The molecule has 0 spiro atoms. The first-order valence-electron chi connectivity index (χ1n) is 7.16. The molecular formula is C15H22N2O4S. The van der Waals surface area contributed by atoms with Crippen molar-refractivity contribution in [1.29, 1.82) is 0 Å². The van der Waals surface area contributed by atoms with Crippen LogP contribution < -0.4 is 10.0 Å². The van der Waals surface area contributed by atoms with Gasteiger partial charge in [-0.1, -0.05) is 19.1 Å². The molecule has 0 aliphatic rings. The van der Waals surface area contributed by atoms with E-state index in [9.17, 15) is 18.0 Å². The molecule has 0 aliphatic carbocycles. The summed E-state index contributed by atoms with van der Waals surface area (Å²) in [6.45, 7) is 5.22. The van der Waals surface area contributed by atoms with E-state index in [0.717, 1.165) is 6.42 Å². The van der Waals surface area contributed by atoms with Crippen LogP contribution >= 0.6 is 0 Å². The van der Waals surface area contributed by atoms with Crippen LogP contribution in [0.5, 0.6) is 0 Å². The van der Waals surface area contributed by atoms with E-state index in [1.165, 1.54) is 25.1 Å². The SMILES string of the molecule is CCC(C)NC(=O)CCNS(=O)(=O)c1cccc(C(C)=O)c1. The van der Waals surface area contributed by atoms with Crippen molar-refractivity contribution in [3.05, 3.63) is 29.8 Å². The van der Waals surface area contributed by atoms with Crippen LogP contribution in [0.3, 0.4) is 0 Å². The zero-order chi connectivity index (χ0) is 16.8. The first-order valence-corrected chi connectivity index (χ1v) is 8.64. The van der Waals surface area contributed by atoms with Gasteiger partial charge in [0.25, 0.3) is 0 Å². The minimum absolute atomic E-state index is 0.00883. The van der Waals surface area contributed by atoms with Gasteiger partial charge in [-0.05, 0) is 32.4 Å². The number of hydrogen-bond donors (Lipinski definition) is 2. The molecule has 1 atom stereocenters. The number of carbonyl (C=O) groups excluding carboxylic acids is 2. The van der Waals surface area contributed by atoms with Crippen molar-refractivity contribution < 1.29 is 18.0 Å². The molecule has 0 radical (unpaired) electrons. The van der Waals surface area contributed by atoms with Gasteiger partial charge < -0.3 is 5.32 Å². The standard InChI is InChI=1S/C15H22N2O4S/c1-4-11(2)17-15(19)8-9-16-22(20,21)14-7-5-6-13(10-14)12(3)18/h5-7,10-11,16H,4,8-9H2,1-3H3,(H,17,19). The lowest BCUT2D eigenvalue weighted by molar-refractivity contribution is -0.121. The van der Waals surface area contributed by atoms with E-state index in [-0.39, 0.29) is 35.6 Å². The van der Waals surface area contributed by atoms with Crippen LogP contribution in [-0.4, -0.2) is 32.7 Å². The number of carbonyl (C=O) groups is 2. The van der Waals surface area contributed by atoms with Crippen molar-refractivity contribution in [2.75, 3.05) is 6.54 Å². The van der Waals surface area contributed by atoms with Crippen LogP contribution in [0.1, 0.15) is 44.0 Å². The Bertz CT molecular complexity index is 641. The quantitative estimate of drug-likeness (QED) is 0.708. The number of hydrogen-bond acceptors (Lipinski definition) is 4. The summed E-state index contributed by atoms with van der Waals surface area (Å²) < 4.78 is 26.6. The summed E-state index contributed by atoms with van der Waals surface area (Å²) in [4.78, 5) is 22.9. The average Bonchev–Trinajstić information content (AvgIpc) is 2.46. The molecule has 0 saturated heterocycles. The summed E-state index contributed by atoms with van der Waals surface area (Å²) in [5.41, 5.74) is 0.331. The normalized spacial score (nSPS) is 12.7. The second-order valence-electron chi connectivity index (χ2n) is 5.11. The van der Waals surface area contributed by atoms with Crippen LogP contribution in [0.25, 0.3) is 0 Å². The van der Waals surface area contributed by atoms with E-state index >= 15 is 0 Å². The van der Waals surface area contributed by atoms with Crippen molar-refractivity contribution in [1.82, 2.24) is 10.0 Å². The van der Waals surface area contributed by atoms with Crippen molar-refractivity contribution in [2.24, 2.45) is 0 Å². The van der Waals surface area contributed by atoms with Gasteiger partial charge in [-0.3, -0.25) is 9.59 Å². The Labute approximate surface area is 131 Å². The van der Waals surface area contributed by atoms with Crippen molar-refractivity contribution in [3.63, 3.8) is 0 Å². The van der Waals surface area contributed by atoms with Gasteiger partial charge in [0.1, 0.15) is 0 Å². The van der Waals surface area contributed by atoms with Crippen LogP contribution in [0, 0.1) is 0 Å². The molecule has 1 aromatic carbocycles. The molecule has 1 unspecified atom stereocenters. The smallest absolute Gasteiger partial charge is 0.240 e. The third-order valence-electron chi connectivity index (χ3n) is 3.21. The highest BCUT2D eigenvalue weighted by Crippen LogP contribution is 2.11. The Morgan fingerprint density at radius 2 is 1.95 bits per heavy atom. The van der Waals surface area contributed by atoms with Crippen molar-refractivity contribution in [3.8, 4) is 0 Å². The maximum atomic E-state index is 12.1. The molecule has 0 aliphatic heterocycles. The highest BCUT2D eigenvalue weighted by atomic mass is 32.2. The minimum atomic E-state index is -3.73. The fourth-order valence-electron chi connectivity index (χ4n) is 1.71. The molecule has 0 fully saturated rings. The molecule has 1 amide bonds. The lowest BCUT2D eigenvalue weighted by Crippen LogP contribution is -2.35. The fraction of sp³-hybridized carbons (Fsp3) is 0.467. The predicted octanol–water partition coefficient (Wildman–Crippen LogP) is 1.47. The second kappa shape index (κ2) is 8.05. The predicted molar refractivity (Wildman–Crippen MR) is 84.1 cm³/mol. The molecule has 0 saturated carbocycles. The molecule has 0 heterocycles. The van der Waals surface area contributed by atoms with Crippen LogP contribution in [0.4, 0.5) is 0 Å². The molecule has 7 heteroatoms. The topological polar surface area (TPSA) is 92.3 Å². The summed E-state index contributed by atoms with van der Waals surface area (Å²) in [6, 6.07) is 5.87. The number of nitrogens with one attached hydrogen (secondary N) is 2. The Morgan fingerprint density at radius 1 is 1.27 bits per heavy atom. The zero-order valence-corrected chi connectivity index (χ0v) is 13.9. The third-order valence-corrected chi connectivity index (χ3v) is 4.67. The molecule has 1 aromatic rings. The first-order chi connectivity index (χ1) is 10.3. The minimum Gasteiger partial charge on any atom is -0.354 e. The van der Waals surface area contributed by atoms with E-state index in [0.29, 0.717) is 5.56 Å². The van der Waals surface area contributed by atoms with Gasteiger partial charge in [0.2, 0.25) is 15.9 Å². The van der Waals surface area contributed by atoms with E-state index in [1.54, 1.807) is 6.07 Å². The summed E-state index contributed by atoms with van der Waals surface area (Å²) in [7, 11) is -3.73. The third kappa shape index (κ3) is 5.57. The number of amides is 1. The number of sulfonamides is 1. The van der Waals surface area contributed by atoms with Gasteiger partial charge in [-0.25, -0.2) is 13.1 Å². The molecule has 122 valence electrons. The summed E-state index contributed by atoms with van der Waals surface area (Å²) in [5, 5.41) is 2.76. The van der Waals surface area contributed by atoms with Gasteiger partial charge in [0, 0.05) is 24.6 Å². The van der Waals surface area contributed by atoms with Gasteiger partial charge >= 0.3 is 0 Å². The summed E-state index contributed by atoms with van der Waals surface area (Å²) >= 11 is 0. The molecule has 22 heavy (non-hydrogen) atoms. The molecule has 0 bridgehead atoms. The maximum absolute atomic E-state index is 12.1. The monoisotopic (exact) mass is 326 g/mol. The van der Waals surface area contributed by atoms with Crippen molar-refractivity contribution >= 4 is 21.7 Å². The van der Waals surface area contributed by atoms with Gasteiger partial charge in [-0.2, -0.15) is 0 Å². The van der Waals surface area contributed by atoms with Gasteiger partial charge in [-0.15, -0.1) is 0 Å².